The first-order chi connectivity index (χ1) is 10.1. The Morgan fingerprint density at radius 1 is 0.826 bits per heavy atom. The van der Waals surface area contributed by atoms with Crippen molar-refractivity contribution in [3.05, 3.63) is 34.9 Å². The van der Waals surface area contributed by atoms with Gasteiger partial charge in [0, 0.05) is 6.42 Å². The normalized spacial score (nSPS) is 16.3. The monoisotopic (exact) mass is 355 g/mol. The van der Waals surface area contributed by atoms with Crippen molar-refractivity contribution in [3.63, 3.8) is 0 Å². The smallest absolute Gasteiger partial charge is 0.388 e. The summed E-state index contributed by atoms with van der Waals surface area (Å²) >= 11 is 0. The molecule has 11 heteroatoms. The first-order valence-electron chi connectivity index (χ1n) is 5.92. The lowest BCUT2D eigenvalue weighted by Gasteiger charge is -2.21. The van der Waals surface area contributed by atoms with Gasteiger partial charge in [-0.1, -0.05) is 0 Å². The molecule has 0 saturated heterocycles. The average molecular weight is 355 g/mol. The van der Waals surface area contributed by atoms with E-state index in [-0.39, 0.29) is 18.2 Å². The Hall–Kier alpha value is -1.49. The van der Waals surface area contributed by atoms with Crippen LogP contribution in [-0.4, -0.2) is 17.3 Å². The Morgan fingerprint density at radius 2 is 1.22 bits per heavy atom. The highest BCUT2D eigenvalue weighted by Crippen LogP contribution is 2.38. The van der Waals surface area contributed by atoms with Gasteiger partial charge in [0.2, 0.25) is 0 Å². The molecule has 0 saturated carbocycles. The highest BCUT2D eigenvalue weighted by atomic mass is 19.4. The summed E-state index contributed by atoms with van der Waals surface area (Å²) in [6, 6.07) is -2.48. The molecular formula is C12H10F9NO. The first-order valence-corrected chi connectivity index (χ1v) is 5.92. The zero-order valence-electron chi connectivity index (χ0n) is 11.0. The molecule has 1 aromatic rings. The molecule has 0 bridgehead atoms. The second kappa shape index (κ2) is 6.19. The van der Waals surface area contributed by atoms with E-state index in [9.17, 15) is 44.6 Å². The number of aliphatic hydroxyl groups is 1. The van der Waals surface area contributed by atoms with Crippen LogP contribution in [0.1, 0.15) is 29.2 Å². The minimum Gasteiger partial charge on any atom is -0.388 e. The highest BCUT2D eigenvalue weighted by molar-refractivity contribution is 5.34. The molecule has 0 amide bonds. The molecule has 2 atom stereocenters. The summed E-state index contributed by atoms with van der Waals surface area (Å²) in [5.74, 6) is 0. The summed E-state index contributed by atoms with van der Waals surface area (Å²) < 4.78 is 112. The number of benzene rings is 1. The molecule has 0 fully saturated rings. The molecule has 3 N–H and O–H groups in total. The lowest BCUT2D eigenvalue weighted by molar-refractivity contribution is -0.154. The lowest BCUT2D eigenvalue weighted by atomic mass is 9.97. The van der Waals surface area contributed by atoms with Gasteiger partial charge in [-0.15, -0.1) is 0 Å². The Kier molecular flexibility index (Phi) is 5.26. The van der Waals surface area contributed by atoms with Crippen molar-refractivity contribution >= 4 is 0 Å². The molecule has 0 aromatic heterocycles. The maximum absolute atomic E-state index is 12.6. The van der Waals surface area contributed by atoms with Crippen molar-refractivity contribution in [2.24, 2.45) is 5.73 Å². The summed E-state index contributed by atoms with van der Waals surface area (Å²) in [4.78, 5) is 0. The molecule has 0 heterocycles. The molecule has 0 radical (unpaired) electrons. The Balaban J connectivity index is 3.25. The molecule has 2 nitrogen and oxygen atoms in total. The molecule has 1 rings (SSSR count). The van der Waals surface area contributed by atoms with Crippen LogP contribution in [0.3, 0.4) is 0 Å². The third-order valence-electron chi connectivity index (χ3n) is 2.89. The van der Waals surface area contributed by atoms with Gasteiger partial charge >= 0.3 is 18.5 Å². The molecular weight excluding hydrogens is 345 g/mol. The lowest BCUT2D eigenvalue weighted by Crippen LogP contribution is -2.38. The van der Waals surface area contributed by atoms with Crippen LogP contribution in [0.15, 0.2) is 18.2 Å². The fraction of sp³-hybridized carbons (Fsp3) is 0.500. The van der Waals surface area contributed by atoms with Gasteiger partial charge in [-0.2, -0.15) is 39.5 Å². The van der Waals surface area contributed by atoms with E-state index in [2.05, 4.69) is 0 Å². The maximum atomic E-state index is 12.6. The van der Waals surface area contributed by atoms with Gasteiger partial charge in [0.05, 0.1) is 17.2 Å². The van der Waals surface area contributed by atoms with E-state index in [4.69, 9.17) is 5.73 Å². The number of nitrogens with two attached hydrogens (primary N) is 1. The van der Waals surface area contributed by atoms with E-state index in [1.807, 2.05) is 0 Å². The third-order valence-corrected chi connectivity index (χ3v) is 2.89. The van der Waals surface area contributed by atoms with Crippen molar-refractivity contribution in [3.8, 4) is 0 Å². The fourth-order valence-corrected chi connectivity index (χ4v) is 1.68. The fourth-order valence-electron chi connectivity index (χ4n) is 1.68. The summed E-state index contributed by atoms with van der Waals surface area (Å²) in [5.41, 5.74) is 0.287. The molecule has 0 aliphatic carbocycles. The van der Waals surface area contributed by atoms with Crippen LogP contribution in [0.4, 0.5) is 39.5 Å². The van der Waals surface area contributed by atoms with Gasteiger partial charge in [0.15, 0.2) is 0 Å². The predicted octanol–water partition coefficient (Wildman–Crippen LogP) is 4.04. The molecule has 0 aliphatic heterocycles. The summed E-state index contributed by atoms with van der Waals surface area (Å²) in [7, 11) is 0. The summed E-state index contributed by atoms with van der Waals surface area (Å²) in [6.45, 7) is 0. The second-order valence-electron chi connectivity index (χ2n) is 4.74. The van der Waals surface area contributed by atoms with E-state index in [0.29, 0.717) is 0 Å². The number of hydrogen-bond donors (Lipinski definition) is 2. The van der Waals surface area contributed by atoms with Crippen LogP contribution in [0, 0.1) is 0 Å². The highest BCUT2D eigenvalue weighted by Gasteiger charge is 2.40. The second-order valence-corrected chi connectivity index (χ2v) is 4.74. The zero-order valence-corrected chi connectivity index (χ0v) is 11.0. The maximum Gasteiger partial charge on any atom is 0.416 e. The molecule has 132 valence electrons. The van der Waals surface area contributed by atoms with Gasteiger partial charge in [0.1, 0.15) is 6.04 Å². The van der Waals surface area contributed by atoms with Crippen LogP contribution < -0.4 is 5.73 Å². The van der Waals surface area contributed by atoms with Crippen molar-refractivity contribution in [1.29, 1.82) is 0 Å². The van der Waals surface area contributed by atoms with Gasteiger partial charge < -0.3 is 10.8 Å². The van der Waals surface area contributed by atoms with E-state index < -0.39 is 53.8 Å². The van der Waals surface area contributed by atoms with Crippen molar-refractivity contribution in [1.82, 2.24) is 0 Å². The van der Waals surface area contributed by atoms with Crippen molar-refractivity contribution < 1.29 is 44.6 Å². The topological polar surface area (TPSA) is 46.2 Å². The molecule has 1 aromatic carbocycles. The van der Waals surface area contributed by atoms with Gasteiger partial charge in [-0.05, 0) is 23.8 Å². The molecule has 0 aliphatic rings. The number of aliphatic hydroxyl groups excluding tert-OH is 1. The average Bonchev–Trinajstić information content (AvgIpc) is 2.34. The quantitative estimate of drug-likeness (QED) is 0.804. The van der Waals surface area contributed by atoms with Crippen LogP contribution >= 0.6 is 0 Å². The van der Waals surface area contributed by atoms with Crippen molar-refractivity contribution in [2.75, 3.05) is 0 Å². The van der Waals surface area contributed by atoms with Crippen LogP contribution in [0.5, 0.6) is 0 Å². The summed E-state index contributed by atoms with van der Waals surface area (Å²) in [6.07, 6.45) is -18.8. The third kappa shape index (κ3) is 5.27. The predicted molar refractivity (Wildman–Crippen MR) is 60.1 cm³/mol. The van der Waals surface area contributed by atoms with Gasteiger partial charge in [-0.25, -0.2) is 0 Å². The molecule has 23 heavy (non-hydrogen) atoms. The Morgan fingerprint density at radius 3 is 1.52 bits per heavy atom. The molecule has 0 unspecified atom stereocenters. The van der Waals surface area contributed by atoms with E-state index in [0.717, 1.165) is 0 Å². The first kappa shape index (κ1) is 19.6. The van der Waals surface area contributed by atoms with E-state index in [1.165, 1.54) is 0 Å². The van der Waals surface area contributed by atoms with E-state index in [1.54, 1.807) is 0 Å². The number of rotatable bonds is 3. The standard InChI is InChI=1S/C12H10F9NO/c13-10(14,15)6-1-5(2-7(3-6)11(16,17)18)8(23)4-9(22)12(19,20)21/h1-3,8-9,23H,4,22H2/t8-,9-/m1/s1. The van der Waals surface area contributed by atoms with E-state index >= 15 is 0 Å². The van der Waals surface area contributed by atoms with Crippen LogP contribution in [0.25, 0.3) is 0 Å². The van der Waals surface area contributed by atoms with Crippen LogP contribution in [0.2, 0.25) is 0 Å². The van der Waals surface area contributed by atoms with Crippen LogP contribution in [-0.2, 0) is 12.4 Å². The van der Waals surface area contributed by atoms with Gasteiger partial charge in [0.25, 0.3) is 0 Å². The Bertz CT molecular complexity index is 515. The number of halogens is 9. The SMILES string of the molecule is N[C@H](C[C@@H](O)c1cc(C(F)(F)F)cc(C(F)(F)F)c1)C(F)(F)F. The molecule has 0 spiro atoms. The summed E-state index contributed by atoms with van der Waals surface area (Å²) in [5, 5.41) is 9.52. The Labute approximate surface area is 123 Å². The van der Waals surface area contributed by atoms with Gasteiger partial charge in [-0.3, -0.25) is 0 Å². The number of alkyl halides is 9. The largest absolute Gasteiger partial charge is 0.416 e. The minimum atomic E-state index is -5.16. The van der Waals surface area contributed by atoms with Crippen molar-refractivity contribution in [2.45, 2.75) is 37.1 Å². The minimum absolute atomic E-state index is 0.156. The number of hydrogen-bond acceptors (Lipinski definition) is 2. The zero-order chi connectivity index (χ0) is 18.2.